The van der Waals surface area contributed by atoms with Gasteiger partial charge in [-0.3, -0.25) is 4.79 Å². The molecule has 33 heavy (non-hydrogen) atoms. The molecule has 5 unspecified atom stereocenters. The minimum Gasteiger partial charge on any atom is -0.504 e. The zero-order valence-electron chi connectivity index (χ0n) is 18.4. The Labute approximate surface area is 195 Å². The van der Waals surface area contributed by atoms with Gasteiger partial charge in [0.15, 0.2) is 6.29 Å². The highest BCUT2D eigenvalue weighted by Gasteiger charge is 2.44. The predicted octanol–water partition coefficient (Wildman–Crippen LogP) is 1.23. The lowest BCUT2D eigenvalue weighted by molar-refractivity contribution is -0.252. The van der Waals surface area contributed by atoms with Crippen molar-refractivity contribution in [3.8, 4) is 16.3 Å². The first-order valence-corrected chi connectivity index (χ1v) is 11.2. The summed E-state index contributed by atoms with van der Waals surface area (Å²) in [5.41, 5.74) is 1.41. The molecule has 0 radical (unpaired) electrons. The second-order valence-electron chi connectivity index (χ2n) is 8.16. The molecule has 1 saturated heterocycles. The summed E-state index contributed by atoms with van der Waals surface area (Å²) in [6.07, 6.45) is -5.80. The summed E-state index contributed by atoms with van der Waals surface area (Å²) in [7, 11) is 0. The molecule has 10 nitrogen and oxygen atoms in total. The summed E-state index contributed by atoms with van der Waals surface area (Å²) in [6, 6.07) is 3.81. The highest BCUT2D eigenvalue weighted by Crippen LogP contribution is 2.36. The van der Waals surface area contributed by atoms with Gasteiger partial charge in [-0.1, -0.05) is 19.9 Å². The molecule has 5 N–H and O–H groups in total. The third-order valence-corrected chi connectivity index (χ3v) is 6.30. The number of aromatic nitrogens is 1. The van der Waals surface area contributed by atoms with Gasteiger partial charge in [-0.05, 0) is 25.0 Å². The molecule has 11 heteroatoms. The topological polar surface area (TPSA) is 146 Å². The molecule has 2 aromatic rings. The van der Waals surface area contributed by atoms with Gasteiger partial charge in [0.2, 0.25) is 5.69 Å². The standard InChI is InChI=1S/C22H27N3O7S/c1-10(2)9-31-14-6-5-12(7-13(14)23-4)21-24-11(3)19(33-21)20(29)25-16-18(28)17(27)15(8-26)32-22(16)30/h5-7,10,15-18,22,26-28,30H,8-9H2,1-3H3,(H,25,29). The molecule has 178 valence electrons. The molecule has 3 rings (SSSR count). The summed E-state index contributed by atoms with van der Waals surface area (Å²) < 4.78 is 10.8. The van der Waals surface area contributed by atoms with E-state index in [9.17, 15) is 25.2 Å². The molecule has 1 aromatic carbocycles. The van der Waals surface area contributed by atoms with Crippen molar-refractivity contribution in [2.24, 2.45) is 5.92 Å². The predicted molar refractivity (Wildman–Crippen MR) is 120 cm³/mol. The van der Waals surface area contributed by atoms with Gasteiger partial charge in [-0.2, -0.15) is 0 Å². The van der Waals surface area contributed by atoms with Crippen LogP contribution in [0.3, 0.4) is 0 Å². The number of hydrogen-bond donors (Lipinski definition) is 5. The largest absolute Gasteiger partial charge is 0.504 e. The smallest absolute Gasteiger partial charge is 0.263 e. The lowest BCUT2D eigenvalue weighted by atomic mass is 9.97. The van der Waals surface area contributed by atoms with E-state index in [1.807, 2.05) is 13.8 Å². The Hall–Kier alpha value is -2.59. The van der Waals surface area contributed by atoms with E-state index < -0.39 is 43.2 Å². The summed E-state index contributed by atoms with van der Waals surface area (Å²) in [6.45, 7) is 13.0. The third kappa shape index (κ3) is 5.50. The number of ether oxygens (including phenoxy) is 2. The quantitative estimate of drug-likeness (QED) is 0.375. The summed E-state index contributed by atoms with van der Waals surface area (Å²) in [4.78, 5) is 21.0. The average Bonchev–Trinajstić information content (AvgIpc) is 3.19. The van der Waals surface area contributed by atoms with Crippen LogP contribution < -0.4 is 10.1 Å². The number of amides is 1. The van der Waals surface area contributed by atoms with Crippen molar-refractivity contribution in [2.75, 3.05) is 13.2 Å². The average molecular weight is 478 g/mol. The van der Waals surface area contributed by atoms with Gasteiger partial charge in [-0.15, -0.1) is 11.3 Å². The number of carbonyl (C=O) groups excluding carboxylic acids is 1. The van der Waals surface area contributed by atoms with E-state index in [4.69, 9.17) is 16.0 Å². The molecule has 1 aromatic heterocycles. The third-order valence-electron chi connectivity index (χ3n) is 5.10. The van der Waals surface area contributed by atoms with E-state index in [0.29, 0.717) is 40.2 Å². The Bertz CT molecular complexity index is 1040. The lowest BCUT2D eigenvalue weighted by Gasteiger charge is -2.40. The van der Waals surface area contributed by atoms with Crippen molar-refractivity contribution in [1.82, 2.24) is 10.3 Å². The molecule has 1 amide bonds. The number of rotatable bonds is 7. The van der Waals surface area contributed by atoms with Crippen LogP contribution in [0.25, 0.3) is 15.4 Å². The van der Waals surface area contributed by atoms with Gasteiger partial charge in [0, 0.05) is 5.56 Å². The van der Waals surface area contributed by atoms with Crippen LogP contribution in [0.4, 0.5) is 5.69 Å². The zero-order chi connectivity index (χ0) is 24.3. The van der Waals surface area contributed by atoms with E-state index in [1.54, 1.807) is 25.1 Å². The minimum absolute atomic E-state index is 0.243. The molecule has 2 heterocycles. The molecule has 1 aliphatic rings. The van der Waals surface area contributed by atoms with E-state index in [2.05, 4.69) is 15.1 Å². The molecule has 0 aliphatic carbocycles. The molecule has 0 saturated carbocycles. The van der Waals surface area contributed by atoms with Crippen LogP contribution in [-0.2, 0) is 4.74 Å². The van der Waals surface area contributed by atoms with Crippen LogP contribution in [0.2, 0.25) is 0 Å². The molecule has 5 atom stereocenters. The number of carbonyl (C=O) groups is 1. The molecule has 0 spiro atoms. The van der Waals surface area contributed by atoms with Crippen molar-refractivity contribution in [3.63, 3.8) is 0 Å². The Morgan fingerprint density at radius 2 is 2.06 bits per heavy atom. The number of nitrogens with one attached hydrogen (secondary N) is 1. The fraction of sp³-hybridized carbons (Fsp3) is 0.500. The van der Waals surface area contributed by atoms with E-state index in [0.717, 1.165) is 11.3 Å². The monoisotopic (exact) mass is 477 g/mol. The van der Waals surface area contributed by atoms with Gasteiger partial charge in [-0.25, -0.2) is 9.83 Å². The maximum absolute atomic E-state index is 12.8. The molecule has 0 bridgehead atoms. The van der Waals surface area contributed by atoms with Crippen LogP contribution in [0.5, 0.6) is 5.75 Å². The minimum atomic E-state index is -1.61. The van der Waals surface area contributed by atoms with Crippen LogP contribution >= 0.6 is 11.3 Å². The highest BCUT2D eigenvalue weighted by molar-refractivity contribution is 7.17. The van der Waals surface area contributed by atoms with Crippen molar-refractivity contribution >= 4 is 22.9 Å². The number of hydrogen-bond acceptors (Lipinski definition) is 9. The normalized spacial score (nSPS) is 25.0. The Kier molecular flexibility index (Phi) is 8.01. The number of nitrogens with zero attached hydrogens (tertiary/aromatic N) is 2. The summed E-state index contributed by atoms with van der Waals surface area (Å²) >= 11 is 1.09. The Morgan fingerprint density at radius 3 is 2.70 bits per heavy atom. The van der Waals surface area contributed by atoms with E-state index in [1.165, 1.54) is 0 Å². The molecule has 1 aliphatic heterocycles. The van der Waals surface area contributed by atoms with Crippen molar-refractivity contribution in [1.29, 1.82) is 0 Å². The van der Waals surface area contributed by atoms with Crippen LogP contribution in [0, 0.1) is 19.4 Å². The Morgan fingerprint density at radius 1 is 1.33 bits per heavy atom. The second kappa shape index (κ2) is 10.6. The molecular formula is C22H27N3O7S. The number of aliphatic hydroxyl groups excluding tert-OH is 4. The molecular weight excluding hydrogens is 450 g/mol. The van der Waals surface area contributed by atoms with Gasteiger partial charge < -0.3 is 35.2 Å². The first-order chi connectivity index (χ1) is 15.7. The fourth-order valence-corrected chi connectivity index (χ4v) is 4.28. The van der Waals surface area contributed by atoms with Gasteiger partial charge in [0.05, 0.1) is 25.5 Å². The number of thiazole rings is 1. The van der Waals surface area contributed by atoms with Gasteiger partial charge >= 0.3 is 0 Å². The first kappa shape index (κ1) is 25.0. The highest BCUT2D eigenvalue weighted by atomic mass is 32.1. The van der Waals surface area contributed by atoms with E-state index in [-0.39, 0.29) is 4.88 Å². The van der Waals surface area contributed by atoms with Crippen LogP contribution in [0.1, 0.15) is 29.2 Å². The first-order valence-electron chi connectivity index (χ1n) is 10.4. The van der Waals surface area contributed by atoms with Crippen LogP contribution in [0.15, 0.2) is 18.2 Å². The second-order valence-corrected chi connectivity index (χ2v) is 9.16. The Balaban J connectivity index is 1.79. The number of benzene rings is 1. The van der Waals surface area contributed by atoms with Crippen molar-refractivity contribution in [2.45, 2.75) is 51.4 Å². The van der Waals surface area contributed by atoms with Crippen molar-refractivity contribution in [3.05, 3.63) is 40.2 Å². The number of aliphatic hydroxyl groups is 4. The van der Waals surface area contributed by atoms with Gasteiger partial charge in [0.1, 0.15) is 40.0 Å². The molecule has 1 fully saturated rings. The van der Waals surface area contributed by atoms with Gasteiger partial charge in [0.25, 0.3) is 5.91 Å². The maximum Gasteiger partial charge on any atom is 0.263 e. The number of aryl methyl sites for hydroxylation is 1. The maximum atomic E-state index is 12.8. The zero-order valence-corrected chi connectivity index (χ0v) is 19.2. The summed E-state index contributed by atoms with van der Waals surface area (Å²) in [5, 5.41) is 42.5. The fourth-order valence-electron chi connectivity index (χ4n) is 3.32. The van der Waals surface area contributed by atoms with Crippen molar-refractivity contribution < 1.29 is 34.7 Å². The lowest BCUT2D eigenvalue weighted by Crippen LogP contribution is -2.64. The SMILES string of the molecule is [C-]#[N+]c1cc(-c2nc(C)c(C(=O)NC3C(O)OC(CO)C(O)C3O)s2)ccc1OCC(C)C. The summed E-state index contributed by atoms with van der Waals surface area (Å²) in [5.74, 6) is 0.182. The van der Waals surface area contributed by atoms with Crippen LogP contribution in [-0.4, -0.2) is 75.2 Å². The van der Waals surface area contributed by atoms with E-state index >= 15 is 0 Å².